The summed E-state index contributed by atoms with van der Waals surface area (Å²) in [5.41, 5.74) is 0. The van der Waals surface area contributed by atoms with E-state index in [1.807, 2.05) is 4.90 Å². The van der Waals surface area contributed by atoms with Crippen molar-refractivity contribution in [2.75, 3.05) is 24.6 Å². The Hall–Kier alpha value is -1.44. The third kappa shape index (κ3) is 3.42. The Morgan fingerprint density at radius 2 is 2.19 bits per heavy atom. The summed E-state index contributed by atoms with van der Waals surface area (Å²) in [5, 5.41) is 4.14. The third-order valence-corrected chi connectivity index (χ3v) is 6.19. The molecule has 1 aromatic heterocycles. The van der Waals surface area contributed by atoms with Gasteiger partial charge >= 0.3 is 0 Å². The predicted octanol–water partition coefficient (Wildman–Crippen LogP) is 0.266. The lowest BCUT2D eigenvalue weighted by atomic mass is 10.0. The molecule has 0 bridgehead atoms. The van der Waals surface area contributed by atoms with Crippen molar-refractivity contribution in [2.24, 2.45) is 5.92 Å². The second kappa shape index (κ2) is 5.75. The molecule has 1 amide bonds. The van der Waals surface area contributed by atoms with Crippen LogP contribution >= 0.6 is 0 Å². The van der Waals surface area contributed by atoms with Crippen molar-refractivity contribution < 1.29 is 13.2 Å². The summed E-state index contributed by atoms with van der Waals surface area (Å²) in [6.45, 7) is 1.39. The fraction of sp³-hybridized carbons (Fsp3) is 0.769. The number of piperidine rings is 1. The van der Waals surface area contributed by atoms with E-state index in [9.17, 15) is 13.2 Å². The van der Waals surface area contributed by atoms with Crippen LogP contribution in [0.3, 0.4) is 0 Å². The van der Waals surface area contributed by atoms with E-state index in [2.05, 4.69) is 10.1 Å². The molecule has 8 heteroatoms. The van der Waals surface area contributed by atoms with E-state index >= 15 is 0 Å². The van der Waals surface area contributed by atoms with Crippen molar-refractivity contribution in [3.05, 3.63) is 12.7 Å². The summed E-state index contributed by atoms with van der Waals surface area (Å²) in [7, 11) is -2.91. The highest BCUT2D eigenvalue weighted by atomic mass is 32.2. The van der Waals surface area contributed by atoms with E-state index in [1.165, 1.54) is 6.33 Å². The molecule has 0 aromatic carbocycles. The van der Waals surface area contributed by atoms with Gasteiger partial charge in [-0.1, -0.05) is 0 Å². The molecule has 3 heterocycles. The summed E-state index contributed by atoms with van der Waals surface area (Å²) in [4.78, 5) is 18.2. The molecular weight excluding hydrogens is 292 g/mol. The van der Waals surface area contributed by atoms with Gasteiger partial charge in [0.2, 0.25) is 5.91 Å². The molecule has 0 aliphatic carbocycles. The van der Waals surface area contributed by atoms with Crippen LogP contribution in [0.2, 0.25) is 0 Å². The quantitative estimate of drug-likeness (QED) is 0.799. The Morgan fingerprint density at radius 3 is 2.86 bits per heavy atom. The standard InChI is InChI=1S/C13H20N4O3S/c18-13(6-11-3-5-21(19,20)8-11)16-4-1-2-12(7-16)17-10-14-9-15-17/h9-12H,1-8H2. The molecule has 3 rings (SSSR count). The maximum Gasteiger partial charge on any atom is 0.222 e. The maximum atomic E-state index is 12.4. The van der Waals surface area contributed by atoms with Crippen LogP contribution < -0.4 is 0 Å². The number of carbonyl (C=O) groups is 1. The number of amides is 1. The number of hydrogen-bond acceptors (Lipinski definition) is 5. The summed E-state index contributed by atoms with van der Waals surface area (Å²) in [6.07, 6.45) is 6.09. The zero-order valence-electron chi connectivity index (χ0n) is 11.9. The molecule has 0 spiro atoms. The van der Waals surface area contributed by atoms with Gasteiger partial charge in [-0.3, -0.25) is 4.79 Å². The summed E-state index contributed by atoms with van der Waals surface area (Å²) < 4.78 is 24.7. The van der Waals surface area contributed by atoms with Gasteiger partial charge in [-0.15, -0.1) is 0 Å². The molecule has 2 atom stereocenters. The molecule has 7 nitrogen and oxygen atoms in total. The summed E-state index contributed by atoms with van der Waals surface area (Å²) in [5.74, 6) is 0.460. The normalized spacial score (nSPS) is 28.7. The van der Waals surface area contributed by atoms with Crippen molar-refractivity contribution >= 4 is 15.7 Å². The molecule has 116 valence electrons. The predicted molar refractivity (Wildman–Crippen MR) is 76.3 cm³/mol. The van der Waals surface area contributed by atoms with Gasteiger partial charge in [-0.25, -0.2) is 18.1 Å². The Kier molecular flexibility index (Phi) is 3.97. The third-order valence-electron chi connectivity index (χ3n) is 4.35. The number of sulfone groups is 1. The highest BCUT2D eigenvalue weighted by Crippen LogP contribution is 2.25. The molecule has 0 radical (unpaired) electrons. The Bertz CT molecular complexity index is 599. The van der Waals surface area contributed by atoms with Gasteiger partial charge in [0.1, 0.15) is 12.7 Å². The van der Waals surface area contributed by atoms with Crippen LogP contribution in [0.1, 0.15) is 31.7 Å². The molecule has 21 heavy (non-hydrogen) atoms. The van der Waals surface area contributed by atoms with Gasteiger partial charge < -0.3 is 4.90 Å². The summed E-state index contributed by atoms with van der Waals surface area (Å²) in [6, 6.07) is 0.178. The molecule has 1 aromatic rings. The molecule has 2 unspecified atom stereocenters. The highest BCUT2D eigenvalue weighted by molar-refractivity contribution is 7.91. The summed E-state index contributed by atoms with van der Waals surface area (Å²) >= 11 is 0. The first-order valence-electron chi connectivity index (χ1n) is 7.36. The van der Waals surface area contributed by atoms with Crippen molar-refractivity contribution in [3.8, 4) is 0 Å². The first kappa shape index (κ1) is 14.5. The average molecular weight is 312 g/mol. The lowest BCUT2D eigenvalue weighted by Crippen LogP contribution is -2.41. The van der Waals surface area contributed by atoms with E-state index in [1.54, 1.807) is 11.0 Å². The van der Waals surface area contributed by atoms with Crippen LogP contribution in [-0.4, -0.2) is 58.6 Å². The van der Waals surface area contributed by atoms with Crippen LogP contribution in [0.15, 0.2) is 12.7 Å². The lowest BCUT2D eigenvalue weighted by Gasteiger charge is -2.33. The highest BCUT2D eigenvalue weighted by Gasteiger charge is 2.32. The van der Waals surface area contributed by atoms with Crippen LogP contribution in [-0.2, 0) is 14.6 Å². The number of nitrogens with zero attached hydrogens (tertiary/aromatic N) is 4. The topological polar surface area (TPSA) is 85.2 Å². The van der Waals surface area contributed by atoms with Gasteiger partial charge in [0.15, 0.2) is 9.84 Å². The lowest BCUT2D eigenvalue weighted by molar-refractivity contribution is -0.133. The molecule has 0 saturated carbocycles. The second-order valence-electron chi connectivity index (χ2n) is 5.98. The first-order valence-corrected chi connectivity index (χ1v) is 9.18. The number of carbonyl (C=O) groups excluding carboxylic acids is 1. The molecule has 2 aliphatic rings. The van der Waals surface area contributed by atoms with E-state index in [0.717, 1.165) is 19.4 Å². The van der Waals surface area contributed by atoms with Gasteiger partial charge in [0.05, 0.1) is 17.5 Å². The van der Waals surface area contributed by atoms with Crippen LogP contribution in [0.5, 0.6) is 0 Å². The molecular formula is C13H20N4O3S. The zero-order chi connectivity index (χ0) is 14.9. The molecule has 0 N–H and O–H groups in total. The minimum Gasteiger partial charge on any atom is -0.341 e. The number of hydrogen-bond donors (Lipinski definition) is 0. The van der Waals surface area contributed by atoms with Crippen LogP contribution in [0.4, 0.5) is 0 Å². The molecule has 2 saturated heterocycles. The average Bonchev–Trinajstić information content (AvgIpc) is 3.09. The SMILES string of the molecule is O=C(CC1CCS(=O)(=O)C1)N1CCCC(n2cncn2)C1. The van der Waals surface area contributed by atoms with Crippen molar-refractivity contribution in [1.82, 2.24) is 19.7 Å². The number of likely N-dealkylation sites (tertiary alicyclic amines) is 1. The van der Waals surface area contributed by atoms with Gasteiger partial charge in [0.25, 0.3) is 0 Å². The van der Waals surface area contributed by atoms with Gasteiger partial charge in [-0.2, -0.15) is 5.10 Å². The van der Waals surface area contributed by atoms with Crippen LogP contribution in [0, 0.1) is 5.92 Å². The fourth-order valence-electron chi connectivity index (χ4n) is 3.21. The number of aromatic nitrogens is 3. The monoisotopic (exact) mass is 312 g/mol. The fourth-order valence-corrected chi connectivity index (χ4v) is 5.07. The Morgan fingerprint density at radius 1 is 1.33 bits per heavy atom. The van der Waals surface area contributed by atoms with Crippen molar-refractivity contribution in [1.29, 1.82) is 0 Å². The van der Waals surface area contributed by atoms with Crippen molar-refractivity contribution in [2.45, 2.75) is 31.7 Å². The molecule has 2 aliphatic heterocycles. The van der Waals surface area contributed by atoms with Crippen molar-refractivity contribution in [3.63, 3.8) is 0 Å². The largest absolute Gasteiger partial charge is 0.341 e. The minimum atomic E-state index is -2.91. The van der Waals surface area contributed by atoms with E-state index in [0.29, 0.717) is 19.4 Å². The van der Waals surface area contributed by atoms with Crippen LogP contribution in [0.25, 0.3) is 0 Å². The van der Waals surface area contributed by atoms with Gasteiger partial charge in [0, 0.05) is 19.5 Å². The Balaban J connectivity index is 1.57. The van der Waals surface area contributed by atoms with E-state index < -0.39 is 9.84 Å². The van der Waals surface area contributed by atoms with E-state index in [4.69, 9.17) is 0 Å². The zero-order valence-corrected chi connectivity index (χ0v) is 12.7. The maximum absolute atomic E-state index is 12.4. The Labute approximate surface area is 124 Å². The first-order chi connectivity index (χ1) is 10.0. The minimum absolute atomic E-state index is 0.00533. The van der Waals surface area contributed by atoms with Gasteiger partial charge in [-0.05, 0) is 25.2 Å². The smallest absolute Gasteiger partial charge is 0.222 e. The number of rotatable bonds is 3. The second-order valence-corrected chi connectivity index (χ2v) is 8.21. The molecule has 2 fully saturated rings. The van der Waals surface area contributed by atoms with E-state index in [-0.39, 0.29) is 29.4 Å².